The minimum Gasteiger partial charge on any atom is -0.396 e. The molecule has 5 nitrogen and oxygen atoms in total. The Morgan fingerprint density at radius 3 is 2.53 bits per heavy atom. The molecule has 0 radical (unpaired) electrons. The summed E-state index contributed by atoms with van der Waals surface area (Å²) in [6, 6.07) is 3.57. The zero-order valence-corrected chi connectivity index (χ0v) is 9.90. The second-order valence-electron chi connectivity index (χ2n) is 3.38. The largest absolute Gasteiger partial charge is 0.396 e. The van der Waals surface area contributed by atoms with Gasteiger partial charge in [0.05, 0.1) is 11.3 Å². The molecule has 0 aliphatic rings. The maximum Gasteiger partial charge on any atom is 0.193 e. The number of rotatable bonds is 2. The van der Waals surface area contributed by atoms with Crippen LogP contribution in [0.1, 0.15) is 11.1 Å². The van der Waals surface area contributed by atoms with Crippen molar-refractivity contribution in [3.63, 3.8) is 0 Å². The number of nitrogens with two attached hydrogens (primary N) is 1. The van der Waals surface area contributed by atoms with E-state index in [0.717, 1.165) is 5.56 Å². The van der Waals surface area contributed by atoms with Crippen molar-refractivity contribution in [2.45, 2.75) is 17.1 Å². The van der Waals surface area contributed by atoms with E-state index >= 15 is 0 Å². The lowest BCUT2D eigenvalue weighted by Crippen LogP contribution is -1.94. The van der Waals surface area contributed by atoms with Gasteiger partial charge in [-0.1, -0.05) is 0 Å². The predicted molar refractivity (Wildman–Crippen MR) is 64.3 cm³/mol. The standard InChI is InChI=1S/C11H9N5S/c1-7-4-15-11(16-5-7)17-10-9(13)2-8(3-12)6-14-10/h2,4-6H,13H2,1H3. The van der Waals surface area contributed by atoms with Crippen molar-refractivity contribution in [1.82, 2.24) is 15.0 Å². The summed E-state index contributed by atoms with van der Waals surface area (Å²) in [5.74, 6) is 0. The zero-order chi connectivity index (χ0) is 12.3. The third-order valence-electron chi connectivity index (χ3n) is 1.95. The van der Waals surface area contributed by atoms with Gasteiger partial charge in [0.1, 0.15) is 11.1 Å². The van der Waals surface area contributed by atoms with Crippen LogP contribution in [0.15, 0.2) is 34.8 Å². The maximum absolute atomic E-state index is 8.70. The maximum atomic E-state index is 8.70. The van der Waals surface area contributed by atoms with Gasteiger partial charge < -0.3 is 5.73 Å². The third kappa shape index (κ3) is 2.71. The van der Waals surface area contributed by atoms with E-state index in [-0.39, 0.29) is 0 Å². The number of hydrogen-bond donors (Lipinski definition) is 1. The van der Waals surface area contributed by atoms with Crippen molar-refractivity contribution in [2.75, 3.05) is 5.73 Å². The van der Waals surface area contributed by atoms with Gasteiger partial charge >= 0.3 is 0 Å². The third-order valence-corrected chi connectivity index (χ3v) is 2.88. The molecule has 0 bridgehead atoms. The number of hydrogen-bond acceptors (Lipinski definition) is 6. The van der Waals surface area contributed by atoms with Crippen molar-refractivity contribution >= 4 is 17.4 Å². The Balaban J connectivity index is 2.25. The molecule has 2 rings (SSSR count). The summed E-state index contributed by atoms with van der Waals surface area (Å²) in [4.78, 5) is 12.4. The van der Waals surface area contributed by atoms with Gasteiger partial charge in [-0.05, 0) is 30.3 Å². The zero-order valence-electron chi connectivity index (χ0n) is 9.08. The Morgan fingerprint density at radius 2 is 1.94 bits per heavy atom. The average Bonchev–Trinajstić information content (AvgIpc) is 2.34. The highest BCUT2D eigenvalue weighted by atomic mass is 32.2. The number of nitrogen functional groups attached to an aromatic ring is 1. The van der Waals surface area contributed by atoms with E-state index in [1.165, 1.54) is 18.0 Å². The van der Waals surface area contributed by atoms with E-state index in [4.69, 9.17) is 11.0 Å². The second-order valence-corrected chi connectivity index (χ2v) is 4.33. The van der Waals surface area contributed by atoms with Crippen molar-refractivity contribution < 1.29 is 0 Å². The monoisotopic (exact) mass is 243 g/mol. The van der Waals surface area contributed by atoms with E-state index in [1.807, 2.05) is 13.0 Å². The molecule has 0 saturated carbocycles. The van der Waals surface area contributed by atoms with Gasteiger partial charge in [0, 0.05) is 18.6 Å². The van der Waals surface area contributed by atoms with Gasteiger partial charge in [0.15, 0.2) is 5.16 Å². The molecule has 2 aromatic rings. The molecule has 0 fully saturated rings. The van der Waals surface area contributed by atoms with Gasteiger partial charge in [0.25, 0.3) is 0 Å². The van der Waals surface area contributed by atoms with Crippen LogP contribution in [0.2, 0.25) is 0 Å². The number of nitriles is 1. The van der Waals surface area contributed by atoms with Crippen LogP contribution in [-0.2, 0) is 0 Å². The van der Waals surface area contributed by atoms with Gasteiger partial charge in [-0.2, -0.15) is 5.26 Å². The van der Waals surface area contributed by atoms with Gasteiger partial charge in [-0.15, -0.1) is 0 Å². The Hall–Kier alpha value is -2.13. The van der Waals surface area contributed by atoms with Crippen LogP contribution in [-0.4, -0.2) is 15.0 Å². The van der Waals surface area contributed by atoms with Crippen molar-refractivity contribution in [1.29, 1.82) is 5.26 Å². The number of nitrogens with zero attached hydrogens (tertiary/aromatic N) is 4. The Kier molecular flexibility index (Phi) is 3.21. The highest BCUT2D eigenvalue weighted by molar-refractivity contribution is 7.99. The van der Waals surface area contributed by atoms with Crippen LogP contribution in [0.4, 0.5) is 5.69 Å². The molecule has 2 aromatic heterocycles. The van der Waals surface area contributed by atoms with Crippen LogP contribution in [0.25, 0.3) is 0 Å². The van der Waals surface area contributed by atoms with Crippen LogP contribution in [0.3, 0.4) is 0 Å². The fourth-order valence-electron chi connectivity index (χ4n) is 1.14. The first-order chi connectivity index (χ1) is 8.19. The first-order valence-electron chi connectivity index (χ1n) is 4.81. The Labute approximate surface area is 103 Å². The fourth-order valence-corrected chi connectivity index (χ4v) is 1.80. The summed E-state index contributed by atoms with van der Waals surface area (Å²) < 4.78 is 0. The molecule has 0 unspecified atom stereocenters. The van der Waals surface area contributed by atoms with E-state index < -0.39 is 0 Å². The van der Waals surface area contributed by atoms with Crippen molar-refractivity contribution in [3.8, 4) is 6.07 Å². The van der Waals surface area contributed by atoms with Crippen LogP contribution < -0.4 is 5.73 Å². The highest BCUT2D eigenvalue weighted by Gasteiger charge is 2.06. The smallest absolute Gasteiger partial charge is 0.193 e. The number of aromatic nitrogens is 3. The Bertz CT molecular complexity index is 573. The van der Waals surface area contributed by atoms with Gasteiger partial charge in [-0.3, -0.25) is 0 Å². The van der Waals surface area contributed by atoms with E-state index in [0.29, 0.717) is 21.4 Å². The van der Waals surface area contributed by atoms with E-state index in [2.05, 4.69) is 15.0 Å². The molecule has 0 aliphatic carbocycles. The predicted octanol–water partition coefficient (Wildman–Crippen LogP) is 1.79. The molecule has 0 saturated heterocycles. The summed E-state index contributed by atoms with van der Waals surface area (Å²) in [6.07, 6.45) is 4.94. The molecule has 2 heterocycles. The van der Waals surface area contributed by atoms with Crippen LogP contribution in [0.5, 0.6) is 0 Å². The molecule has 0 aromatic carbocycles. The molecule has 2 N–H and O–H groups in total. The SMILES string of the molecule is Cc1cnc(Sc2ncc(C#N)cc2N)nc1. The molecule has 0 aliphatic heterocycles. The first-order valence-corrected chi connectivity index (χ1v) is 5.63. The lowest BCUT2D eigenvalue weighted by molar-refractivity contribution is 0.945. The molecule has 17 heavy (non-hydrogen) atoms. The average molecular weight is 243 g/mol. The number of pyridine rings is 1. The van der Waals surface area contributed by atoms with Crippen molar-refractivity contribution in [2.24, 2.45) is 0 Å². The van der Waals surface area contributed by atoms with E-state index in [9.17, 15) is 0 Å². The molecule has 0 spiro atoms. The minimum atomic E-state index is 0.441. The fraction of sp³-hybridized carbons (Fsp3) is 0.0909. The minimum absolute atomic E-state index is 0.441. The molecule has 84 valence electrons. The topological polar surface area (TPSA) is 88.5 Å². The molecular weight excluding hydrogens is 234 g/mol. The summed E-state index contributed by atoms with van der Waals surface area (Å²) in [5.41, 5.74) is 7.68. The summed E-state index contributed by atoms with van der Waals surface area (Å²) >= 11 is 1.27. The summed E-state index contributed by atoms with van der Waals surface area (Å²) in [6.45, 7) is 1.92. The lowest BCUT2D eigenvalue weighted by atomic mass is 10.3. The van der Waals surface area contributed by atoms with Crippen LogP contribution >= 0.6 is 11.8 Å². The molecule has 6 heteroatoms. The quantitative estimate of drug-likeness (QED) is 0.809. The highest BCUT2D eigenvalue weighted by Crippen LogP contribution is 2.27. The first kappa shape index (κ1) is 11.4. The van der Waals surface area contributed by atoms with Gasteiger partial charge in [0.2, 0.25) is 0 Å². The second kappa shape index (κ2) is 4.80. The number of aryl methyl sites for hydroxylation is 1. The lowest BCUT2D eigenvalue weighted by Gasteiger charge is -2.03. The summed E-state index contributed by atoms with van der Waals surface area (Å²) in [7, 11) is 0. The van der Waals surface area contributed by atoms with Crippen LogP contribution in [0, 0.1) is 18.3 Å². The molecule has 0 atom stereocenters. The molecular formula is C11H9N5S. The summed E-state index contributed by atoms with van der Waals surface area (Å²) in [5, 5.41) is 9.88. The van der Waals surface area contributed by atoms with Gasteiger partial charge in [-0.25, -0.2) is 15.0 Å². The molecule has 0 amide bonds. The normalized spacial score (nSPS) is 9.88. The van der Waals surface area contributed by atoms with E-state index in [1.54, 1.807) is 18.5 Å². The number of anilines is 1. The Morgan fingerprint density at radius 1 is 1.24 bits per heavy atom. The van der Waals surface area contributed by atoms with Crippen molar-refractivity contribution in [3.05, 3.63) is 35.8 Å².